The second kappa shape index (κ2) is 5.27. The lowest BCUT2D eigenvalue weighted by Gasteiger charge is -2.18. The summed E-state index contributed by atoms with van der Waals surface area (Å²) in [5, 5.41) is 8.82. The highest BCUT2D eigenvalue weighted by Crippen LogP contribution is 2.19. The van der Waals surface area contributed by atoms with Crippen molar-refractivity contribution in [1.82, 2.24) is 0 Å². The number of aliphatic hydroxyl groups excluding tert-OH is 1. The molecule has 2 atom stereocenters. The molecule has 18 heavy (non-hydrogen) atoms. The number of alkyl halides is 6. The number of aliphatic imine (C=N–C) groups is 1. The monoisotopic (exact) mass is 277 g/mol. The molecule has 1 aliphatic heterocycles. The van der Waals surface area contributed by atoms with Gasteiger partial charge in [0.25, 0.3) is 0 Å². The number of nitrogens with one attached hydrogen (secondary N) is 1. The molecule has 0 aromatic heterocycles. The number of rotatable bonds is 2. The summed E-state index contributed by atoms with van der Waals surface area (Å²) in [7, 11) is 0. The van der Waals surface area contributed by atoms with Crippen molar-refractivity contribution >= 4 is 5.71 Å². The van der Waals surface area contributed by atoms with Gasteiger partial charge in [0.15, 0.2) is 6.10 Å². The van der Waals surface area contributed by atoms with E-state index >= 15 is 0 Å². The van der Waals surface area contributed by atoms with Crippen molar-refractivity contribution in [2.24, 2.45) is 4.99 Å². The highest BCUT2D eigenvalue weighted by atomic mass is 19.4. The SMILES string of the molecule is O[C@H](C[NH+]1C=CC(C(F)(F)F)=NCC1)C(F)(F)F. The first-order valence-corrected chi connectivity index (χ1v) is 5.00. The van der Waals surface area contributed by atoms with Crippen molar-refractivity contribution in [2.45, 2.75) is 18.5 Å². The second-order valence-corrected chi connectivity index (χ2v) is 3.77. The first kappa shape index (κ1) is 15.0. The van der Waals surface area contributed by atoms with Crippen LogP contribution in [0.25, 0.3) is 0 Å². The molecule has 0 saturated heterocycles. The molecule has 0 bridgehead atoms. The number of nitrogens with zero attached hydrogens (tertiary/aromatic N) is 1. The molecule has 1 rings (SSSR count). The van der Waals surface area contributed by atoms with Crippen molar-refractivity contribution in [3.8, 4) is 0 Å². The number of allylic oxidation sites excluding steroid dienone is 1. The third-order valence-corrected chi connectivity index (χ3v) is 2.32. The molecule has 104 valence electrons. The standard InChI is InChI=1S/C9H10F6N2O/c10-8(11,12)6-1-3-17(4-2-16-6)5-7(18)9(13,14)15/h1,3,7,18H,2,4-5H2/p+1/t7-/m1/s1. The van der Waals surface area contributed by atoms with Crippen LogP contribution in [0, 0.1) is 0 Å². The van der Waals surface area contributed by atoms with E-state index in [-0.39, 0.29) is 18.0 Å². The van der Waals surface area contributed by atoms with Crippen LogP contribution in [0.1, 0.15) is 0 Å². The fourth-order valence-corrected chi connectivity index (χ4v) is 1.37. The van der Waals surface area contributed by atoms with Crippen molar-refractivity contribution in [3.05, 3.63) is 12.3 Å². The first-order chi connectivity index (χ1) is 8.10. The molecule has 3 nitrogen and oxygen atoms in total. The summed E-state index contributed by atoms with van der Waals surface area (Å²) in [5.74, 6) is 0. The van der Waals surface area contributed by atoms with Crippen molar-refractivity contribution in [2.75, 3.05) is 19.6 Å². The number of quaternary nitrogens is 1. The number of hydrogen-bond donors (Lipinski definition) is 2. The molecule has 0 amide bonds. The Morgan fingerprint density at radius 3 is 2.39 bits per heavy atom. The van der Waals surface area contributed by atoms with Gasteiger partial charge >= 0.3 is 12.4 Å². The summed E-state index contributed by atoms with van der Waals surface area (Å²) < 4.78 is 73.1. The lowest BCUT2D eigenvalue weighted by Crippen LogP contribution is -3.09. The van der Waals surface area contributed by atoms with Gasteiger partial charge in [0.1, 0.15) is 18.8 Å². The highest BCUT2D eigenvalue weighted by molar-refractivity contribution is 5.99. The minimum atomic E-state index is -4.78. The molecule has 2 N–H and O–H groups in total. The van der Waals surface area contributed by atoms with Crippen LogP contribution in [-0.4, -0.2) is 48.9 Å². The molecule has 0 spiro atoms. The summed E-state index contributed by atoms with van der Waals surface area (Å²) in [6, 6.07) is 0. The molecule has 0 aromatic rings. The third-order valence-electron chi connectivity index (χ3n) is 2.32. The van der Waals surface area contributed by atoms with Gasteiger partial charge in [0, 0.05) is 6.08 Å². The summed E-state index contributed by atoms with van der Waals surface area (Å²) in [6.07, 6.45) is -10.4. The third kappa shape index (κ3) is 4.30. The van der Waals surface area contributed by atoms with E-state index in [1.165, 1.54) is 0 Å². The molecule has 1 aliphatic rings. The van der Waals surface area contributed by atoms with Crippen LogP contribution in [0.4, 0.5) is 26.3 Å². The quantitative estimate of drug-likeness (QED) is 0.701. The van der Waals surface area contributed by atoms with E-state index in [1.54, 1.807) is 0 Å². The van der Waals surface area contributed by atoms with Crippen LogP contribution in [0.3, 0.4) is 0 Å². The lowest BCUT2D eigenvalue weighted by atomic mass is 10.3. The van der Waals surface area contributed by atoms with Crippen molar-refractivity contribution in [1.29, 1.82) is 0 Å². The Bertz CT molecular complexity index is 346. The van der Waals surface area contributed by atoms with Crippen molar-refractivity contribution < 1.29 is 36.3 Å². The zero-order valence-electron chi connectivity index (χ0n) is 9.02. The van der Waals surface area contributed by atoms with Crippen LogP contribution in [0.15, 0.2) is 17.3 Å². The molecule has 9 heteroatoms. The molecular weight excluding hydrogens is 266 g/mol. The fourth-order valence-electron chi connectivity index (χ4n) is 1.37. The Labute approximate surface area is 98.4 Å². The zero-order valence-corrected chi connectivity index (χ0v) is 9.02. The van der Waals surface area contributed by atoms with E-state index in [1.807, 2.05) is 0 Å². The second-order valence-electron chi connectivity index (χ2n) is 3.77. The zero-order chi connectivity index (χ0) is 14.0. The Kier molecular flexibility index (Phi) is 4.38. The maximum Gasteiger partial charge on any atom is 0.433 e. The van der Waals surface area contributed by atoms with Crippen LogP contribution in [-0.2, 0) is 0 Å². The Hall–Kier alpha value is -1.09. The molecule has 1 heterocycles. The van der Waals surface area contributed by atoms with Crippen LogP contribution in [0.2, 0.25) is 0 Å². The molecule has 0 aromatic carbocycles. The predicted molar refractivity (Wildman–Crippen MR) is 50.3 cm³/mol. The largest absolute Gasteiger partial charge is 0.433 e. The van der Waals surface area contributed by atoms with Gasteiger partial charge in [-0.3, -0.25) is 4.99 Å². The summed E-state index contributed by atoms with van der Waals surface area (Å²) in [4.78, 5) is 3.32. The summed E-state index contributed by atoms with van der Waals surface area (Å²) >= 11 is 0. The number of halogens is 6. The normalized spacial score (nSPS) is 23.5. The van der Waals surface area contributed by atoms with E-state index in [2.05, 4.69) is 4.99 Å². The minimum Gasteiger partial charge on any atom is -0.379 e. The average molecular weight is 277 g/mol. The van der Waals surface area contributed by atoms with E-state index in [0.29, 0.717) is 6.08 Å². The Morgan fingerprint density at radius 2 is 1.89 bits per heavy atom. The van der Waals surface area contributed by atoms with Gasteiger partial charge in [0.2, 0.25) is 0 Å². The highest BCUT2D eigenvalue weighted by Gasteiger charge is 2.41. The van der Waals surface area contributed by atoms with E-state index in [0.717, 1.165) is 6.20 Å². The predicted octanol–water partition coefficient (Wildman–Crippen LogP) is 0.325. The van der Waals surface area contributed by atoms with Crippen LogP contribution >= 0.6 is 0 Å². The van der Waals surface area contributed by atoms with Gasteiger partial charge in [-0.1, -0.05) is 0 Å². The first-order valence-electron chi connectivity index (χ1n) is 5.00. The van der Waals surface area contributed by atoms with Gasteiger partial charge in [-0.05, 0) is 0 Å². The van der Waals surface area contributed by atoms with Gasteiger partial charge in [0.05, 0.1) is 12.7 Å². The molecule has 0 fully saturated rings. The molecular formula is C9H11F6N2O+. The number of hydrogen-bond acceptors (Lipinski definition) is 2. The minimum absolute atomic E-state index is 0.0385. The Balaban J connectivity index is 2.65. The van der Waals surface area contributed by atoms with Crippen LogP contribution in [0.5, 0.6) is 0 Å². The van der Waals surface area contributed by atoms with Crippen LogP contribution < -0.4 is 4.90 Å². The fraction of sp³-hybridized carbons (Fsp3) is 0.667. The van der Waals surface area contributed by atoms with Crippen molar-refractivity contribution in [3.63, 3.8) is 0 Å². The lowest BCUT2D eigenvalue weighted by molar-refractivity contribution is -0.850. The number of aliphatic hydroxyl groups is 1. The van der Waals surface area contributed by atoms with E-state index < -0.39 is 30.7 Å². The Morgan fingerprint density at radius 1 is 1.28 bits per heavy atom. The van der Waals surface area contributed by atoms with E-state index in [4.69, 9.17) is 5.11 Å². The summed E-state index contributed by atoms with van der Waals surface area (Å²) in [5.41, 5.74) is -1.13. The molecule has 1 unspecified atom stereocenters. The van der Waals surface area contributed by atoms with E-state index in [9.17, 15) is 26.3 Å². The molecule has 0 saturated carbocycles. The van der Waals surface area contributed by atoms with Gasteiger partial charge in [-0.2, -0.15) is 26.3 Å². The average Bonchev–Trinajstić information content (AvgIpc) is 2.40. The van der Waals surface area contributed by atoms with Gasteiger partial charge in [-0.15, -0.1) is 0 Å². The van der Waals surface area contributed by atoms with Gasteiger partial charge in [-0.25, -0.2) is 0 Å². The molecule has 0 radical (unpaired) electrons. The maximum atomic E-state index is 12.3. The van der Waals surface area contributed by atoms with Gasteiger partial charge < -0.3 is 10.0 Å². The summed E-state index contributed by atoms with van der Waals surface area (Å²) in [6.45, 7) is -1.02. The molecule has 0 aliphatic carbocycles. The topological polar surface area (TPSA) is 37.0 Å². The smallest absolute Gasteiger partial charge is 0.379 e. The maximum absolute atomic E-state index is 12.3.